The molecule has 0 spiro atoms. The Bertz CT molecular complexity index is 771. The molecule has 0 aliphatic rings. The van der Waals surface area contributed by atoms with Gasteiger partial charge in [0.05, 0.1) is 5.69 Å². The van der Waals surface area contributed by atoms with Gasteiger partial charge in [-0.2, -0.15) is 0 Å². The topological polar surface area (TPSA) is 107 Å². The van der Waals surface area contributed by atoms with Crippen molar-refractivity contribution < 1.29 is 9.21 Å². The number of pyridine rings is 1. The van der Waals surface area contributed by atoms with Crippen LogP contribution < -0.4 is 11.1 Å². The van der Waals surface area contributed by atoms with Gasteiger partial charge in [-0.25, -0.2) is 4.98 Å². The van der Waals surface area contributed by atoms with Crippen molar-refractivity contribution in [2.45, 2.75) is 0 Å². The highest BCUT2D eigenvalue weighted by molar-refractivity contribution is 6.06. The highest BCUT2D eigenvalue weighted by Crippen LogP contribution is 2.21. The minimum Gasteiger partial charge on any atom is -0.423 e. The molecule has 0 atom stereocenters. The average Bonchev–Trinajstić information content (AvgIpc) is 3.02. The summed E-state index contributed by atoms with van der Waals surface area (Å²) in [6, 6.07) is 10.3. The van der Waals surface area contributed by atoms with Gasteiger partial charge in [0.1, 0.15) is 0 Å². The summed E-state index contributed by atoms with van der Waals surface area (Å²) in [7, 11) is 0. The fourth-order valence-corrected chi connectivity index (χ4v) is 1.83. The number of nitrogens with two attached hydrogens (primary N) is 1. The van der Waals surface area contributed by atoms with Crippen LogP contribution in [0.1, 0.15) is 10.5 Å². The number of nitrogens with one attached hydrogen (secondary N) is 1. The molecule has 2 heterocycles. The molecule has 0 radical (unpaired) electrons. The Morgan fingerprint density at radius 2 is 2.14 bits per heavy atom. The molecule has 21 heavy (non-hydrogen) atoms. The van der Waals surface area contributed by atoms with Gasteiger partial charge in [-0.05, 0) is 30.3 Å². The van der Waals surface area contributed by atoms with Crippen molar-refractivity contribution in [1.82, 2.24) is 15.2 Å². The van der Waals surface area contributed by atoms with Gasteiger partial charge in [-0.1, -0.05) is 6.07 Å². The summed E-state index contributed by atoms with van der Waals surface area (Å²) in [6.07, 6.45) is 2.76. The minimum atomic E-state index is -0.379. The predicted octanol–water partition coefficient (Wildman–Crippen LogP) is 1.97. The number of anilines is 2. The van der Waals surface area contributed by atoms with E-state index in [1.807, 2.05) is 0 Å². The molecule has 3 N–H and O–H groups in total. The Hall–Kier alpha value is -3.22. The van der Waals surface area contributed by atoms with Gasteiger partial charge in [0.15, 0.2) is 5.69 Å². The zero-order valence-electron chi connectivity index (χ0n) is 10.9. The van der Waals surface area contributed by atoms with E-state index in [4.69, 9.17) is 10.2 Å². The molecular weight excluding hydrogens is 270 g/mol. The molecule has 0 aliphatic heterocycles. The van der Waals surface area contributed by atoms with E-state index in [9.17, 15) is 4.79 Å². The molecule has 0 aliphatic carbocycles. The van der Waals surface area contributed by atoms with Gasteiger partial charge in [0.2, 0.25) is 12.3 Å². The van der Waals surface area contributed by atoms with Crippen LogP contribution in [0, 0.1) is 0 Å². The smallest absolute Gasteiger partial charge is 0.276 e. The highest BCUT2D eigenvalue weighted by Gasteiger charge is 2.12. The summed E-state index contributed by atoms with van der Waals surface area (Å²) < 4.78 is 5.12. The minimum absolute atomic E-state index is 0.181. The van der Waals surface area contributed by atoms with Crippen LogP contribution in [0.4, 0.5) is 11.4 Å². The molecule has 0 saturated carbocycles. The number of hydrogen-bond acceptors (Lipinski definition) is 6. The first kappa shape index (κ1) is 12.8. The monoisotopic (exact) mass is 281 g/mol. The van der Waals surface area contributed by atoms with Gasteiger partial charge in [-0.3, -0.25) is 4.79 Å². The molecule has 3 aromatic rings. The summed E-state index contributed by atoms with van der Waals surface area (Å²) in [4.78, 5) is 16.1. The number of benzene rings is 1. The Morgan fingerprint density at radius 3 is 2.90 bits per heavy atom. The molecule has 104 valence electrons. The van der Waals surface area contributed by atoms with Crippen molar-refractivity contribution in [3.63, 3.8) is 0 Å². The van der Waals surface area contributed by atoms with Crippen LogP contribution in [0.5, 0.6) is 0 Å². The first-order valence-corrected chi connectivity index (χ1v) is 6.12. The normalized spacial score (nSPS) is 10.3. The third kappa shape index (κ3) is 2.71. The lowest BCUT2D eigenvalue weighted by Crippen LogP contribution is -2.15. The maximum absolute atomic E-state index is 12.1. The van der Waals surface area contributed by atoms with E-state index in [2.05, 4.69) is 20.5 Å². The van der Waals surface area contributed by atoms with Crippen molar-refractivity contribution in [3.8, 4) is 11.5 Å². The van der Waals surface area contributed by atoms with E-state index in [0.29, 0.717) is 22.8 Å². The molecule has 0 fully saturated rings. The summed E-state index contributed by atoms with van der Waals surface area (Å²) in [6.45, 7) is 0. The number of nitrogens with zero attached hydrogens (tertiary/aromatic N) is 3. The number of aromatic nitrogens is 3. The lowest BCUT2D eigenvalue weighted by Gasteiger charge is -2.07. The van der Waals surface area contributed by atoms with Crippen LogP contribution >= 0.6 is 0 Å². The summed E-state index contributed by atoms with van der Waals surface area (Å²) in [5, 5.41) is 10.2. The Balaban J connectivity index is 1.84. The van der Waals surface area contributed by atoms with Gasteiger partial charge in [-0.15, -0.1) is 10.2 Å². The summed E-state index contributed by atoms with van der Waals surface area (Å²) in [5.41, 5.74) is 7.52. The van der Waals surface area contributed by atoms with Crippen molar-refractivity contribution >= 4 is 17.3 Å². The zero-order chi connectivity index (χ0) is 14.7. The van der Waals surface area contributed by atoms with Crippen molar-refractivity contribution in [3.05, 3.63) is 54.7 Å². The first-order chi connectivity index (χ1) is 10.2. The third-order valence-electron chi connectivity index (χ3n) is 2.78. The second-order valence-electron chi connectivity index (χ2n) is 4.22. The molecule has 7 nitrogen and oxygen atoms in total. The Kier molecular flexibility index (Phi) is 3.30. The van der Waals surface area contributed by atoms with E-state index in [1.54, 1.807) is 36.4 Å². The van der Waals surface area contributed by atoms with Crippen LogP contribution in [-0.2, 0) is 0 Å². The number of hydrogen-bond donors (Lipinski definition) is 2. The fourth-order valence-electron chi connectivity index (χ4n) is 1.83. The molecule has 1 amide bonds. The number of nitrogen functional groups attached to an aromatic ring is 1. The number of carbonyl (C=O) groups excluding carboxylic acids is 1. The number of amides is 1. The van der Waals surface area contributed by atoms with Crippen LogP contribution in [0.15, 0.2) is 53.4 Å². The lowest BCUT2D eigenvalue weighted by atomic mass is 10.2. The van der Waals surface area contributed by atoms with E-state index < -0.39 is 0 Å². The third-order valence-corrected chi connectivity index (χ3v) is 2.78. The standard InChI is InChI=1S/C14H11N5O2/c15-11-5-2-6-16-12(11)13(20)18-10-4-1-3-9(7-10)14-19-17-8-21-14/h1-8H,15H2,(H,18,20). The Morgan fingerprint density at radius 1 is 1.24 bits per heavy atom. The second kappa shape index (κ2) is 5.41. The van der Waals surface area contributed by atoms with E-state index in [-0.39, 0.29) is 11.6 Å². The van der Waals surface area contributed by atoms with Gasteiger partial charge in [0, 0.05) is 17.4 Å². The van der Waals surface area contributed by atoms with Gasteiger partial charge >= 0.3 is 0 Å². The number of carbonyl (C=O) groups is 1. The predicted molar refractivity (Wildman–Crippen MR) is 76.3 cm³/mol. The maximum atomic E-state index is 12.1. The largest absolute Gasteiger partial charge is 0.423 e. The molecule has 0 saturated heterocycles. The zero-order valence-corrected chi connectivity index (χ0v) is 10.9. The van der Waals surface area contributed by atoms with Gasteiger partial charge in [0.25, 0.3) is 5.91 Å². The van der Waals surface area contributed by atoms with E-state index in [1.165, 1.54) is 12.6 Å². The highest BCUT2D eigenvalue weighted by atomic mass is 16.4. The second-order valence-corrected chi connectivity index (χ2v) is 4.22. The van der Waals surface area contributed by atoms with E-state index in [0.717, 1.165) is 0 Å². The quantitative estimate of drug-likeness (QED) is 0.760. The van der Waals surface area contributed by atoms with Crippen LogP contribution in [0.3, 0.4) is 0 Å². The molecular formula is C14H11N5O2. The van der Waals surface area contributed by atoms with Crippen LogP contribution in [-0.4, -0.2) is 21.1 Å². The summed E-state index contributed by atoms with van der Waals surface area (Å²) in [5.74, 6) is -0.000715. The average molecular weight is 281 g/mol. The van der Waals surface area contributed by atoms with E-state index >= 15 is 0 Å². The SMILES string of the molecule is Nc1cccnc1C(=O)Nc1cccc(-c2nnco2)c1. The van der Waals surface area contributed by atoms with Gasteiger partial charge < -0.3 is 15.5 Å². The van der Waals surface area contributed by atoms with Crippen LogP contribution in [0.25, 0.3) is 11.5 Å². The number of rotatable bonds is 3. The molecule has 0 bridgehead atoms. The van der Waals surface area contributed by atoms with Crippen molar-refractivity contribution in [2.75, 3.05) is 11.1 Å². The first-order valence-electron chi connectivity index (χ1n) is 6.12. The van der Waals surface area contributed by atoms with Crippen LogP contribution in [0.2, 0.25) is 0 Å². The summed E-state index contributed by atoms with van der Waals surface area (Å²) >= 11 is 0. The molecule has 1 aromatic carbocycles. The van der Waals surface area contributed by atoms with Crippen molar-refractivity contribution in [1.29, 1.82) is 0 Å². The molecule has 7 heteroatoms. The fraction of sp³-hybridized carbons (Fsp3) is 0. The Labute approximate surface area is 119 Å². The molecule has 2 aromatic heterocycles. The molecule has 0 unspecified atom stereocenters. The molecule has 3 rings (SSSR count). The van der Waals surface area contributed by atoms with Crippen molar-refractivity contribution in [2.24, 2.45) is 0 Å². The lowest BCUT2D eigenvalue weighted by molar-refractivity contribution is 0.102. The maximum Gasteiger partial charge on any atom is 0.276 e.